The van der Waals surface area contributed by atoms with Crippen LogP contribution in [0, 0.1) is 5.92 Å². The average Bonchev–Trinajstić information content (AvgIpc) is 3.07. The second-order valence-corrected chi connectivity index (χ2v) is 5.68. The zero-order chi connectivity index (χ0) is 12.4. The van der Waals surface area contributed by atoms with Crippen LogP contribution in [0.1, 0.15) is 43.8 Å². The molecule has 1 N–H and O–H groups in total. The second kappa shape index (κ2) is 5.41. The fraction of sp³-hybridized carbons (Fsp3) is 0.786. The molecule has 2 aliphatic rings. The number of aryl methyl sites for hydroxylation is 1. The number of rotatable bonds is 4. The lowest BCUT2D eigenvalue weighted by Crippen LogP contribution is -2.32. The summed E-state index contributed by atoms with van der Waals surface area (Å²) in [6.07, 6.45) is 10.9. The molecule has 1 aliphatic heterocycles. The zero-order valence-corrected chi connectivity index (χ0v) is 11.1. The Morgan fingerprint density at radius 3 is 2.94 bits per heavy atom. The van der Waals surface area contributed by atoms with Crippen LogP contribution in [0.3, 0.4) is 0 Å². The van der Waals surface area contributed by atoms with Gasteiger partial charge in [-0.1, -0.05) is 12.8 Å². The number of nitrogens with one attached hydrogen (secondary N) is 1. The van der Waals surface area contributed by atoms with Gasteiger partial charge in [0.25, 0.3) is 0 Å². The van der Waals surface area contributed by atoms with Crippen molar-refractivity contribution in [3.63, 3.8) is 0 Å². The summed E-state index contributed by atoms with van der Waals surface area (Å²) in [6, 6.07) is 0.750. The van der Waals surface area contributed by atoms with Crippen molar-refractivity contribution in [3.05, 3.63) is 18.0 Å². The van der Waals surface area contributed by atoms with E-state index < -0.39 is 0 Å². The Kier molecular flexibility index (Phi) is 3.66. The van der Waals surface area contributed by atoms with Gasteiger partial charge >= 0.3 is 0 Å². The van der Waals surface area contributed by atoms with Crippen LogP contribution in [0.2, 0.25) is 0 Å². The Labute approximate surface area is 109 Å². The molecule has 0 amide bonds. The highest BCUT2D eigenvalue weighted by molar-refractivity contribution is 5.11. The average molecular weight is 249 g/mol. The van der Waals surface area contributed by atoms with Crippen molar-refractivity contribution in [3.8, 4) is 0 Å². The third kappa shape index (κ3) is 2.59. The van der Waals surface area contributed by atoms with Gasteiger partial charge in [-0.2, -0.15) is 5.10 Å². The van der Waals surface area contributed by atoms with Gasteiger partial charge < -0.3 is 10.1 Å². The van der Waals surface area contributed by atoms with Gasteiger partial charge in [0.05, 0.1) is 12.3 Å². The molecule has 1 aromatic heterocycles. The van der Waals surface area contributed by atoms with Gasteiger partial charge in [0.15, 0.2) is 0 Å². The third-order valence-electron chi connectivity index (χ3n) is 4.29. The lowest BCUT2D eigenvalue weighted by Gasteiger charge is -2.20. The summed E-state index contributed by atoms with van der Waals surface area (Å²) >= 11 is 0. The van der Waals surface area contributed by atoms with Crippen LogP contribution in [0.15, 0.2) is 12.4 Å². The highest BCUT2D eigenvalue weighted by Crippen LogP contribution is 2.34. The standard InChI is InChI=1S/C14H23N3O/c1-17-10-12(9-16-17)14-11(6-7-18-14)8-15-13-4-2-3-5-13/h9-11,13-15H,2-8H2,1H3/t11-,14+/m0/s1. The summed E-state index contributed by atoms with van der Waals surface area (Å²) in [7, 11) is 1.96. The Morgan fingerprint density at radius 1 is 1.39 bits per heavy atom. The predicted octanol–water partition coefficient (Wildman–Crippen LogP) is 2.03. The molecule has 3 rings (SSSR count). The maximum absolute atomic E-state index is 5.89. The minimum atomic E-state index is 0.243. The van der Waals surface area contributed by atoms with Crippen LogP contribution in [0.5, 0.6) is 0 Å². The highest BCUT2D eigenvalue weighted by atomic mass is 16.5. The maximum Gasteiger partial charge on any atom is 0.0896 e. The van der Waals surface area contributed by atoms with E-state index in [-0.39, 0.29) is 6.10 Å². The summed E-state index contributed by atoms with van der Waals surface area (Å²) in [5, 5.41) is 7.97. The van der Waals surface area contributed by atoms with E-state index in [1.165, 1.54) is 37.7 Å². The van der Waals surface area contributed by atoms with Gasteiger partial charge in [-0.05, 0) is 19.3 Å². The van der Waals surface area contributed by atoms with E-state index in [9.17, 15) is 0 Å². The van der Waals surface area contributed by atoms with Gasteiger partial charge in [0.1, 0.15) is 0 Å². The normalized spacial score (nSPS) is 29.2. The summed E-state index contributed by atoms with van der Waals surface area (Å²) in [5.74, 6) is 0.606. The number of ether oxygens (including phenoxy) is 1. The smallest absolute Gasteiger partial charge is 0.0896 e. The molecule has 0 radical (unpaired) electrons. The molecule has 18 heavy (non-hydrogen) atoms. The SMILES string of the molecule is Cn1cc([C@@H]2OCC[C@H]2CNC2CCCC2)cn1. The van der Waals surface area contributed by atoms with Crippen molar-refractivity contribution in [1.82, 2.24) is 15.1 Å². The number of hydrogen-bond donors (Lipinski definition) is 1. The molecular formula is C14H23N3O. The van der Waals surface area contributed by atoms with E-state index in [2.05, 4.69) is 16.6 Å². The molecule has 1 aliphatic carbocycles. The lowest BCUT2D eigenvalue weighted by molar-refractivity contribution is 0.0898. The van der Waals surface area contributed by atoms with Gasteiger partial charge in [-0.25, -0.2) is 0 Å². The van der Waals surface area contributed by atoms with Crippen molar-refractivity contribution in [2.45, 2.75) is 44.2 Å². The fourth-order valence-corrected chi connectivity index (χ4v) is 3.25. The van der Waals surface area contributed by atoms with E-state index in [0.29, 0.717) is 5.92 Å². The van der Waals surface area contributed by atoms with Crippen LogP contribution >= 0.6 is 0 Å². The first kappa shape index (κ1) is 12.2. The molecule has 1 saturated heterocycles. The zero-order valence-electron chi connectivity index (χ0n) is 11.1. The molecule has 0 spiro atoms. The molecule has 0 bridgehead atoms. The summed E-state index contributed by atoms with van der Waals surface area (Å²) in [5.41, 5.74) is 1.23. The molecule has 1 saturated carbocycles. The predicted molar refractivity (Wildman–Crippen MR) is 70.3 cm³/mol. The molecule has 2 heterocycles. The number of hydrogen-bond acceptors (Lipinski definition) is 3. The van der Waals surface area contributed by atoms with Crippen LogP contribution < -0.4 is 5.32 Å². The molecular weight excluding hydrogens is 226 g/mol. The van der Waals surface area contributed by atoms with Crippen molar-refractivity contribution < 1.29 is 4.74 Å². The Morgan fingerprint density at radius 2 is 2.22 bits per heavy atom. The van der Waals surface area contributed by atoms with Gasteiger partial charge in [0, 0.05) is 43.9 Å². The lowest BCUT2D eigenvalue weighted by atomic mass is 9.97. The summed E-state index contributed by atoms with van der Waals surface area (Å²) < 4.78 is 7.75. The van der Waals surface area contributed by atoms with Crippen molar-refractivity contribution >= 4 is 0 Å². The van der Waals surface area contributed by atoms with Crippen LogP contribution in [-0.2, 0) is 11.8 Å². The van der Waals surface area contributed by atoms with Crippen LogP contribution in [0.25, 0.3) is 0 Å². The Balaban J connectivity index is 1.57. The van der Waals surface area contributed by atoms with Crippen molar-refractivity contribution in [1.29, 1.82) is 0 Å². The molecule has 4 heteroatoms. The summed E-state index contributed by atoms with van der Waals surface area (Å²) in [6.45, 7) is 1.97. The first-order valence-electron chi connectivity index (χ1n) is 7.16. The third-order valence-corrected chi connectivity index (χ3v) is 4.29. The van der Waals surface area contributed by atoms with E-state index in [0.717, 1.165) is 19.2 Å². The van der Waals surface area contributed by atoms with E-state index in [4.69, 9.17) is 4.74 Å². The van der Waals surface area contributed by atoms with Crippen LogP contribution in [-0.4, -0.2) is 29.0 Å². The van der Waals surface area contributed by atoms with Gasteiger partial charge in [0.2, 0.25) is 0 Å². The van der Waals surface area contributed by atoms with Gasteiger partial charge in [-0.15, -0.1) is 0 Å². The summed E-state index contributed by atoms with van der Waals surface area (Å²) in [4.78, 5) is 0. The Hall–Kier alpha value is -0.870. The van der Waals surface area contributed by atoms with Gasteiger partial charge in [-0.3, -0.25) is 4.68 Å². The maximum atomic E-state index is 5.89. The van der Waals surface area contributed by atoms with E-state index >= 15 is 0 Å². The molecule has 4 nitrogen and oxygen atoms in total. The molecule has 2 fully saturated rings. The monoisotopic (exact) mass is 249 g/mol. The largest absolute Gasteiger partial charge is 0.373 e. The molecule has 1 aromatic rings. The van der Waals surface area contributed by atoms with E-state index in [1.807, 2.05) is 17.9 Å². The minimum absolute atomic E-state index is 0.243. The van der Waals surface area contributed by atoms with Crippen LogP contribution in [0.4, 0.5) is 0 Å². The fourth-order valence-electron chi connectivity index (χ4n) is 3.25. The minimum Gasteiger partial charge on any atom is -0.373 e. The Bertz CT molecular complexity index is 384. The number of nitrogens with zero attached hydrogens (tertiary/aromatic N) is 2. The first-order valence-corrected chi connectivity index (χ1v) is 7.16. The highest BCUT2D eigenvalue weighted by Gasteiger charge is 2.31. The van der Waals surface area contributed by atoms with Crippen molar-refractivity contribution in [2.75, 3.05) is 13.2 Å². The first-order chi connectivity index (χ1) is 8.83. The molecule has 100 valence electrons. The second-order valence-electron chi connectivity index (χ2n) is 5.68. The quantitative estimate of drug-likeness (QED) is 0.887. The van der Waals surface area contributed by atoms with E-state index in [1.54, 1.807) is 0 Å². The molecule has 2 atom stereocenters. The topological polar surface area (TPSA) is 39.1 Å². The number of aromatic nitrogens is 2. The van der Waals surface area contributed by atoms with Crippen molar-refractivity contribution in [2.24, 2.45) is 13.0 Å². The molecule has 0 aromatic carbocycles. The molecule has 0 unspecified atom stereocenters.